The van der Waals surface area contributed by atoms with Crippen LogP contribution in [-0.4, -0.2) is 38.4 Å². The molecule has 0 spiro atoms. The summed E-state index contributed by atoms with van der Waals surface area (Å²) < 4.78 is 31.0. The molecular formula is C9H18N2O3S2. The second kappa shape index (κ2) is 5.90. The Kier molecular flexibility index (Phi) is 5.10. The van der Waals surface area contributed by atoms with Crippen LogP contribution in [0.15, 0.2) is 0 Å². The third kappa shape index (κ3) is 4.73. The molecule has 5 nitrogen and oxygen atoms in total. The minimum Gasteiger partial charge on any atom is -0.392 e. The van der Waals surface area contributed by atoms with Gasteiger partial charge in [0.2, 0.25) is 10.0 Å². The number of hydrogen-bond donors (Lipinski definition) is 2. The van der Waals surface area contributed by atoms with Crippen LogP contribution in [0.25, 0.3) is 0 Å². The Morgan fingerprint density at radius 3 is 2.62 bits per heavy atom. The average Bonchev–Trinajstić information content (AvgIpc) is 2.16. The predicted octanol–water partition coefficient (Wildman–Crippen LogP) is 0.00700. The van der Waals surface area contributed by atoms with Crippen molar-refractivity contribution < 1.29 is 13.2 Å². The zero-order chi connectivity index (χ0) is 12.2. The van der Waals surface area contributed by atoms with Crippen molar-refractivity contribution in [3.63, 3.8) is 0 Å². The Hall–Kier alpha value is -0.240. The van der Waals surface area contributed by atoms with Crippen LogP contribution in [-0.2, 0) is 14.8 Å². The third-order valence-corrected chi connectivity index (χ3v) is 4.42. The molecule has 0 aromatic heterocycles. The van der Waals surface area contributed by atoms with Gasteiger partial charge in [0.15, 0.2) is 0 Å². The topological polar surface area (TPSA) is 81.4 Å². The van der Waals surface area contributed by atoms with Gasteiger partial charge in [-0.05, 0) is 25.7 Å². The molecule has 1 aliphatic rings. The molecule has 1 heterocycles. The summed E-state index contributed by atoms with van der Waals surface area (Å²) in [5.41, 5.74) is 5.23. The molecule has 7 heteroatoms. The lowest BCUT2D eigenvalue weighted by Gasteiger charge is -2.28. The van der Waals surface area contributed by atoms with Gasteiger partial charge in [0.05, 0.1) is 4.99 Å². The lowest BCUT2D eigenvalue weighted by atomic mass is 9.94. The van der Waals surface area contributed by atoms with Crippen molar-refractivity contribution in [1.29, 1.82) is 0 Å². The van der Waals surface area contributed by atoms with Crippen LogP contribution in [0.5, 0.6) is 0 Å². The fraction of sp³-hybridized carbons (Fsp3) is 0.889. The highest BCUT2D eigenvalue weighted by molar-refractivity contribution is 7.92. The highest BCUT2D eigenvalue weighted by Gasteiger charge is 2.24. The van der Waals surface area contributed by atoms with Crippen LogP contribution in [0.4, 0.5) is 0 Å². The minimum atomic E-state index is -3.39. The van der Waals surface area contributed by atoms with Crippen LogP contribution >= 0.6 is 12.2 Å². The summed E-state index contributed by atoms with van der Waals surface area (Å²) in [5, 5.41) is 0. The van der Waals surface area contributed by atoms with Crippen molar-refractivity contribution in [3.05, 3.63) is 0 Å². The van der Waals surface area contributed by atoms with Crippen LogP contribution in [0.1, 0.15) is 19.8 Å². The van der Waals surface area contributed by atoms with E-state index >= 15 is 0 Å². The molecule has 0 amide bonds. The van der Waals surface area contributed by atoms with E-state index < -0.39 is 10.0 Å². The Balaban J connectivity index is 2.49. The minimum absolute atomic E-state index is 0.00771. The normalized spacial score (nSPS) is 20.6. The number of thiocarbonyl (C=S) groups is 1. The summed E-state index contributed by atoms with van der Waals surface area (Å²) in [6, 6.07) is -0.0942. The van der Waals surface area contributed by atoms with Crippen molar-refractivity contribution >= 4 is 27.2 Å². The lowest BCUT2D eigenvalue weighted by molar-refractivity contribution is 0.0586. The van der Waals surface area contributed by atoms with E-state index in [1.54, 1.807) is 0 Å². The molecule has 0 bridgehead atoms. The number of hydrogen-bond acceptors (Lipinski definition) is 4. The summed E-state index contributed by atoms with van der Waals surface area (Å²) in [6.45, 7) is 3.27. The van der Waals surface area contributed by atoms with E-state index in [1.807, 2.05) is 6.92 Å². The Labute approximate surface area is 102 Å². The maximum Gasteiger partial charge on any atom is 0.218 e. The maximum absolute atomic E-state index is 11.6. The molecule has 1 fully saturated rings. The van der Waals surface area contributed by atoms with Crippen LogP contribution in [0.2, 0.25) is 0 Å². The molecule has 1 saturated heterocycles. The summed E-state index contributed by atoms with van der Waals surface area (Å²) >= 11 is 4.59. The SMILES string of the molecule is CC(NS(=O)(=O)CC(N)=S)C1CCOCC1. The third-order valence-electron chi connectivity index (χ3n) is 2.67. The Bertz CT molecular complexity index is 337. The number of ether oxygens (including phenoxy) is 1. The van der Waals surface area contributed by atoms with E-state index in [4.69, 9.17) is 10.5 Å². The van der Waals surface area contributed by atoms with Crippen molar-refractivity contribution in [1.82, 2.24) is 4.72 Å². The summed E-state index contributed by atoms with van der Waals surface area (Å²) in [4.78, 5) is -0.00771. The zero-order valence-electron chi connectivity index (χ0n) is 9.31. The first-order valence-electron chi connectivity index (χ1n) is 5.27. The number of rotatable bonds is 5. The first-order valence-corrected chi connectivity index (χ1v) is 7.33. The van der Waals surface area contributed by atoms with Gasteiger partial charge in [-0.25, -0.2) is 13.1 Å². The van der Waals surface area contributed by atoms with E-state index in [-0.39, 0.29) is 16.8 Å². The maximum atomic E-state index is 11.6. The van der Waals surface area contributed by atoms with E-state index in [2.05, 4.69) is 16.9 Å². The molecule has 1 atom stereocenters. The fourth-order valence-corrected chi connectivity index (χ4v) is 3.51. The van der Waals surface area contributed by atoms with Gasteiger partial charge in [0, 0.05) is 19.3 Å². The molecule has 94 valence electrons. The van der Waals surface area contributed by atoms with E-state index in [0.717, 1.165) is 12.8 Å². The van der Waals surface area contributed by atoms with Gasteiger partial charge in [-0.1, -0.05) is 12.2 Å². The second-order valence-electron chi connectivity index (χ2n) is 4.08. The molecule has 16 heavy (non-hydrogen) atoms. The first kappa shape index (κ1) is 13.8. The number of nitrogens with one attached hydrogen (secondary N) is 1. The predicted molar refractivity (Wildman–Crippen MR) is 66.7 cm³/mol. The summed E-state index contributed by atoms with van der Waals surface area (Å²) in [5.74, 6) is 0.0467. The Morgan fingerprint density at radius 2 is 2.12 bits per heavy atom. The van der Waals surface area contributed by atoms with Crippen molar-refractivity contribution in [2.24, 2.45) is 11.7 Å². The van der Waals surface area contributed by atoms with Gasteiger partial charge in [0.25, 0.3) is 0 Å². The second-order valence-corrected chi connectivity index (χ2v) is 6.36. The van der Waals surface area contributed by atoms with E-state index in [1.165, 1.54) is 0 Å². The smallest absolute Gasteiger partial charge is 0.218 e. The van der Waals surface area contributed by atoms with Gasteiger partial charge in [-0.3, -0.25) is 0 Å². The van der Waals surface area contributed by atoms with Crippen molar-refractivity contribution in [2.75, 3.05) is 19.0 Å². The molecular weight excluding hydrogens is 248 g/mol. The molecule has 0 aliphatic carbocycles. The molecule has 3 N–H and O–H groups in total. The molecule has 0 saturated carbocycles. The Morgan fingerprint density at radius 1 is 1.56 bits per heavy atom. The first-order chi connectivity index (χ1) is 7.41. The monoisotopic (exact) mass is 266 g/mol. The number of nitrogens with two attached hydrogens (primary N) is 1. The van der Waals surface area contributed by atoms with Crippen molar-refractivity contribution in [3.8, 4) is 0 Å². The molecule has 0 radical (unpaired) electrons. The quantitative estimate of drug-likeness (QED) is 0.685. The highest BCUT2D eigenvalue weighted by atomic mass is 32.2. The molecule has 0 aromatic carbocycles. The largest absolute Gasteiger partial charge is 0.392 e. The average molecular weight is 266 g/mol. The van der Waals surface area contributed by atoms with E-state index in [0.29, 0.717) is 19.1 Å². The summed E-state index contributed by atoms with van der Waals surface area (Å²) in [7, 11) is -3.39. The van der Waals surface area contributed by atoms with Gasteiger partial charge in [0.1, 0.15) is 5.75 Å². The van der Waals surface area contributed by atoms with Gasteiger partial charge < -0.3 is 10.5 Å². The van der Waals surface area contributed by atoms with E-state index in [9.17, 15) is 8.42 Å². The zero-order valence-corrected chi connectivity index (χ0v) is 10.9. The van der Waals surface area contributed by atoms with Gasteiger partial charge in [-0.2, -0.15) is 0 Å². The lowest BCUT2D eigenvalue weighted by Crippen LogP contribution is -2.43. The van der Waals surface area contributed by atoms with Gasteiger partial charge >= 0.3 is 0 Å². The standard InChI is InChI=1S/C9H18N2O3S2/c1-7(8-2-4-14-5-3-8)11-16(12,13)6-9(10)15/h7-8,11H,2-6H2,1H3,(H2,10,15). The molecule has 0 aromatic rings. The molecule has 1 aliphatic heterocycles. The fourth-order valence-electron chi connectivity index (χ4n) is 1.82. The van der Waals surface area contributed by atoms with Crippen LogP contribution in [0, 0.1) is 5.92 Å². The summed E-state index contributed by atoms with van der Waals surface area (Å²) in [6.07, 6.45) is 1.77. The number of sulfonamides is 1. The van der Waals surface area contributed by atoms with Crippen LogP contribution in [0.3, 0.4) is 0 Å². The molecule has 1 unspecified atom stereocenters. The van der Waals surface area contributed by atoms with Gasteiger partial charge in [-0.15, -0.1) is 0 Å². The highest BCUT2D eigenvalue weighted by Crippen LogP contribution is 2.18. The van der Waals surface area contributed by atoms with Crippen LogP contribution < -0.4 is 10.5 Å². The molecule has 1 rings (SSSR count). The van der Waals surface area contributed by atoms with Crippen molar-refractivity contribution in [2.45, 2.75) is 25.8 Å².